The molecule has 8 nitrogen and oxygen atoms in total. The monoisotopic (exact) mass is 414 g/mol. The first-order chi connectivity index (χ1) is 14.6. The molecule has 2 aromatic rings. The number of unbranched alkanes of at least 4 members (excludes halogenated alkanes) is 3. The van der Waals surface area contributed by atoms with Gasteiger partial charge in [0.15, 0.2) is 0 Å². The Bertz CT molecular complexity index is 746. The van der Waals surface area contributed by atoms with Crippen LogP contribution in [0, 0.1) is 0 Å². The van der Waals surface area contributed by atoms with E-state index in [-0.39, 0.29) is 12.1 Å². The van der Waals surface area contributed by atoms with Crippen molar-refractivity contribution < 1.29 is 19.1 Å². The average molecular weight is 415 g/mol. The predicted molar refractivity (Wildman–Crippen MR) is 118 cm³/mol. The summed E-state index contributed by atoms with van der Waals surface area (Å²) in [5.41, 5.74) is 1.27. The third-order valence-corrected chi connectivity index (χ3v) is 4.39. The van der Waals surface area contributed by atoms with Gasteiger partial charge in [0.1, 0.15) is 11.5 Å². The number of nitrogens with one attached hydrogen (secondary N) is 4. The molecule has 0 spiro atoms. The number of amides is 4. The van der Waals surface area contributed by atoms with Gasteiger partial charge in [0, 0.05) is 13.1 Å². The lowest BCUT2D eigenvalue weighted by Gasteiger charge is -2.11. The lowest BCUT2D eigenvalue weighted by atomic mass is 10.2. The molecule has 0 aliphatic rings. The number of hydrogen-bond acceptors (Lipinski definition) is 4. The number of para-hydroxylation sites is 4. The Kier molecular flexibility index (Phi) is 9.85. The molecular formula is C22H30N4O4. The van der Waals surface area contributed by atoms with E-state index in [1.54, 1.807) is 38.5 Å². The summed E-state index contributed by atoms with van der Waals surface area (Å²) in [6.45, 7) is 1.17. The van der Waals surface area contributed by atoms with Crippen molar-refractivity contribution >= 4 is 23.4 Å². The highest BCUT2D eigenvalue weighted by molar-refractivity contribution is 5.91. The highest BCUT2D eigenvalue weighted by atomic mass is 16.5. The van der Waals surface area contributed by atoms with Gasteiger partial charge in [-0.05, 0) is 37.1 Å². The molecule has 0 saturated carbocycles. The van der Waals surface area contributed by atoms with E-state index < -0.39 is 0 Å². The van der Waals surface area contributed by atoms with Crippen molar-refractivity contribution in [1.29, 1.82) is 0 Å². The Balaban J connectivity index is 1.52. The molecule has 0 aliphatic carbocycles. The first-order valence-electron chi connectivity index (χ1n) is 9.99. The molecule has 0 radical (unpaired) electrons. The number of methoxy groups -OCH3 is 2. The Morgan fingerprint density at radius 3 is 1.47 bits per heavy atom. The summed E-state index contributed by atoms with van der Waals surface area (Å²) in [5, 5.41) is 11.2. The molecule has 8 heteroatoms. The smallest absolute Gasteiger partial charge is 0.319 e. The number of urea groups is 2. The van der Waals surface area contributed by atoms with Gasteiger partial charge in [0.2, 0.25) is 0 Å². The molecule has 162 valence electrons. The lowest BCUT2D eigenvalue weighted by Crippen LogP contribution is -2.30. The molecule has 4 amide bonds. The molecule has 0 aliphatic heterocycles. The van der Waals surface area contributed by atoms with Gasteiger partial charge in [-0.3, -0.25) is 0 Å². The highest BCUT2D eigenvalue weighted by Gasteiger charge is 2.07. The van der Waals surface area contributed by atoms with Crippen LogP contribution in [-0.4, -0.2) is 39.4 Å². The Labute approximate surface area is 177 Å². The maximum atomic E-state index is 11.9. The molecule has 2 rings (SSSR count). The van der Waals surface area contributed by atoms with Crippen molar-refractivity contribution in [3.05, 3.63) is 48.5 Å². The van der Waals surface area contributed by atoms with Crippen LogP contribution in [0.5, 0.6) is 11.5 Å². The second-order valence-electron chi connectivity index (χ2n) is 6.58. The Hall–Kier alpha value is -3.42. The summed E-state index contributed by atoms with van der Waals surface area (Å²) >= 11 is 0. The van der Waals surface area contributed by atoms with Crippen LogP contribution in [0.15, 0.2) is 48.5 Å². The van der Waals surface area contributed by atoms with Gasteiger partial charge in [-0.2, -0.15) is 0 Å². The fourth-order valence-electron chi connectivity index (χ4n) is 2.84. The van der Waals surface area contributed by atoms with Crippen molar-refractivity contribution in [2.45, 2.75) is 25.7 Å². The number of rotatable bonds is 11. The first-order valence-corrected chi connectivity index (χ1v) is 9.99. The molecule has 0 bridgehead atoms. The molecule has 0 fully saturated rings. The predicted octanol–water partition coefficient (Wildman–Crippen LogP) is 4.21. The van der Waals surface area contributed by atoms with Gasteiger partial charge in [-0.1, -0.05) is 37.1 Å². The van der Waals surface area contributed by atoms with Gasteiger partial charge < -0.3 is 30.7 Å². The molecule has 0 atom stereocenters. The standard InChI is InChI=1S/C22H30N4O4/c1-29-19-13-7-5-11-17(19)25-21(27)23-15-9-3-4-10-16-24-22(28)26-18-12-6-8-14-20(18)30-2/h5-8,11-14H,3-4,9-10,15-16H2,1-2H3,(H2,23,25,27)(H2,24,26,28). The van der Waals surface area contributed by atoms with Crippen LogP contribution >= 0.6 is 0 Å². The van der Waals surface area contributed by atoms with Crippen molar-refractivity contribution in [3.63, 3.8) is 0 Å². The van der Waals surface area contributed by atoms with Gasteiger partial charge in [0.05, 0.1) is 25.6 Å². The van der Waals surface area contributed by atoms with Crippen LogP contribution in [0.2, 0.25) is 0 Å². The number of carbonyl (C=O) groups is 2. The largest absolute Gasteiger partial charge is 0.495 e. The third kappa shape index (κ3) is 7.90. The van der Waals surface area contributed by atoms with Crippen molar-refractivity contribution in [2.24, 2.45) is 0 Å². The topological polar surface area (TPSA) is 101 Å². The lowest BCUT2D eigenvalue weighted by molar-refractivity contribution is 0.250. The molecule has 0 saturated heterocycles. The minimum absolute atomic E-state index is 0.255. The van der Waals surface area contributed by atoms with Crippen LogP contribution < -0.4 is 30.7 Å². The number of benzene rings is 2. The van der Waals surface area contributed by atoms with E-state index in [9.17, 15) is 9.59 Å². The molecule has 0 heterocycles. The molecule has 4 N–H and O–H groups in total. The molecule has 0 unspecified atom stereocenters. The second-order valence-corrected chi connectivity index (χ2v) is 6.58. The van der Waals surface area contributed by atoms with Crippen molar-refractivity contribution in [2.75, 3.05) is 37.9 Å². The quantitative estimate of drug-likeness (QED) is 0.414. The van der Waals surface area contributed by atoms with Crippen molar-refractivity contribution in [1.82, 2.24) is 10.6 Å². The van der Waals surface area contributed by atoms with E-state index in [4.69, 9.17) is 9.47 Å². The van der Waals surface area contributed by atoms with E-state index in [1.807, 2.05) is 24.3 Å². The summed E-state index contributed by atoms with van der Waals surface area (Å²) in [7, 11) is 3.13. The van der Waals surface area contributed by atoms with Crippen LogP contribution in [0.1, 0.15) is 25.7 Å². The normalized spacial score (nSPS) is 10.1. The van der Waals surface area contributed by atoms with Crippen LogP contribution in [0.3, 0.4) is 0 Å². The zero-order chi connectivity index (χ0) is 21.6. The zero-order valence-electron chi connectivity index (χ0n) is 17.5. The summed E-state index contributed by atoms with van der Waals surface area (Å²) in [5.74, 6) is 1.24. The first kappa shape index (κ1) is 22.9. The van der Waals surface area contributed by atoms with Crippen LogP contribution in [-0.2, 0) is 0 Å². The number of ether oxygens (including phenoxy) is 2. The average Bonchev–Trinajstić information content (AvgIpc) is 2.76. The molecule has 30 heavy (non-hydrogen) atoms. The fourth-order valence-corrected chi connectivity index (χ4v) is 2.84. The Morgan fingerprint density at radius 2 is 1.07 bits per heavy atom. The minimum atomic E-state index is -0.255. The molecule has 0 aromatic heterocycles. The van der Waals surface area contributed by atoms with Gasteiger partial charge in [-0.15, -0.1) is 0 Å². The molecule has 2 aromatic carbocycles. The molecular weight excluding hydrogens is 384 g/mol. The maximum absolute atomic E-state index is 11.9. The number of carbonyl (C=O) groups excluding carboxylic acids is 2. The zero-order valence-corrected chi connectivity index (χ0v) is 17.5. The van der Waals surface area contributed by atoms with E-state index in [2.05, 4.69) is 21.3 Å². The van der Waals surface area contributed by atoms with Gasteiger partial charge in [0.25, 0.3) is 0 Å². The summed E-state index contributed by atoms with van der Waals surface area (Å²) in [6.07, 6.45) is 3.66. The fraction of sp³-hybridized carbons (Fsp3) is 0.364. The second kappa shape index (κ2) is 12.9. The van der Waals surface area contributed by atoms with E-state index >= 15 is 0 Å². The SMILES string of the molecule is COc1ccccc1NC(=O)NCCCCCCNC(=O)Nc1ccccc1OC. The van der Waals surface area contributed by atoms with Gasteiger partial charge in [-0.25, -0.2) is 9.59 Å². The summed E-state index contributed by atoms with van der Waals surface area (Å²) in [6, 6.07) is 14.0. The highest BCUT2D eigenvalue weighted by Crippen LogP contribution is 2.23. The van der Waals surface area contributed by atoms with Crippen molar-refractivity contribution in [3.8, 4) is 11.5 Å². The minimum Gasteiger partial charge on any atom is -0.495 e. The van der Waals surface area contributed by atoms with E-state index in [0.29, 0.717) is 36.0 Å². The maximum Gasteiger partial charge on any atom is 0.319 e. The van der Waals surface area contributed by atoms with Crippen LogP contribution in [0.4, 0.5) is 21.0 Å². The number of hydrogen-bond donors (Lipinski definition) is 4. The van der Waals surface area contributed by atoms with Crippen LogP contribution in [0.25, 0.3) is 0 Å². The van der Waals surface area contributed by atoms with E-state index in [1.165, 1.54) is 0 Å². The summed E-state index contributed by atoms with van der Waals surface area (Å²) < 4.78 is 10.4. The number of anilines is 2. The summed E-state index contributed by atoms with van der Waals surface area (Å²) in [4.78, 5) is 23.9. The Morgan fingerprint density at radius 1 is 0.667 bits per heavy atom. The van der Waals surface area contributed by atoms with E-state index in [0.717, 1.165) is 25.7 Å². The van der Waals surface area contributed by atoms with Gasteiger partial charge >= 0.3 is 12.1 Å². The third-order valence-electron chi connectivity index (χ3n) is 4.39.